The number of carbonyl (C=O) groups is 1. The zero-order valence-corrected chi connectivity index (χ0v) is 13.2. The number of ether oxygens (including phenoxy) is 1. The first-order valence-corrected chi connectivity index (χ1v) is 9.01. The van der Waals surface area contributed by atoms with Crippen molar-refractivity contribution in [3.05, 3.63) is 17.9 Å². The fourth-order valence-electron chi connectivity index (χ4n) is 3.21. The Hall–Kier alpha value is -1.38. The highest BCUT2D eigenvalue weighted by atomic mass is 32.2. The molecule has 0 spiro atoms. The lowest BCUT2D eigenvalue weighted by Crippen LogP contribution is -2.47. The SMILES string of the molecule is CCOC(=O)c1ccc(S(=O)(=O)NC2CC3CCC(C2)N3)o1. The summed E-state index contributed by atoms with van der Waals surface area (Å²) in [6.07, 6.45) is 3.75. The summed E-state index contributed by atoms with van der Waals surface area (Å²) in [7, 11) is -3.76. The van der Waals surface area contributed by atoms with Gasteiger partial charge in [0.1, 0.15) is 0 Å². The van der Waals surface area contributed by atoms with Crippen molar-refractivity contribution < 1.29 is 22.4 Å². The Balaban J connectivity index is 1.69. The highest BCUT2D eigenvalue weighted by molar-refractivity contribution is 7.89. The Morgan fingerprint density at radius 1 is 1.36 bits per heavy atom. The molecule has 1 aromatic heterocycles. The lowest BCUT2D eigenvalue weighted by molar-refractivity contribution is 0.0484. The van der Waals surface area contributed by atoms with Crippen LogP contribution in [0.15, 0.2) is 21.6 Å². The first-order valence-electron chi connectivity index (χ1n) is 7.53. The number of hydrogen-bond acceptors (Lipinski definition) is 6. The third kappa shape index (κ3) is 3.18. The monoisotopic (exact) mass is 328 g/mol. The van der Waals surface area contributed by atoms with Crippen molar-refractivity contribution in [1.82, 2.24) is 10.0 Å². The van der Waals surface area contributed by atoms with E-state index < -0.39 is 16.0 Å². The predicted molar refractivity (Wildman–Crippen MR) is 78.0 cm³/mol. The summed E-state index contributed by atoms with van der Waals surface area (Å²) < 4.78 is 37.3. The fourth-order valence-corrected chi connectivity index (χ4v) is 4.40. The molecule has 2 aliphatic rings. The van der Waals surface area contributed by atoms with Crippen LogP contribution in [-0.2, 0) is 14.8 Å². The molecule has 0 saturated carbocycles. The van der Waals surface area contributed by atoms with E-state index in [1.807, 2.05) is 0 Å². The smallest absolute Gasteiger partial charge is 0.374 e. The van der Waals surface area contributed by atoms with Gasteiger partial charge in [0.15, 0.2) is 0 Å². The van der Waals surface area contributed by atoms with E-state index in [1.165, 1.54) is 12.1 Å². The maximum absolute atomic E-state index is 12.4. The van der Waals surface area contributed by atoms with Gasteiger partial charge in [-0.1, -0.05) is 0 Å². The summed E-state index contributed by atoms with van der Waals surface area (Å²) in [5.41, 5.74) is 0. The number of fused-ring (bicyclic) bond motifs is 2. The average molecular weight is 328 g/mol. The molecule has 0 amide bonds. The van der Waals surface area contributed by atoms with E-state index in [1.54, 1.807) is 6.92 Å². The van der Waals surface area contributed by atoms with Crippen molar-refractivity contribution >= 4 is 16.0 Å². The van der Waals surface area contributed by atoms with Crippen LogP contribution in [0.5, 0.6) is 0 Å². The van der Waals surface area contributed by atoms with Gasteiger partial charge in [-0.05, 0) is 44.7 Å². The first-order chi connectivity index (χ1) is 10.5. The van der Waals surface area contributed by atoms with Crippen LogP contribution in [-0.4, -0.2) is 39.1 Å². The molecule has 0 aromatic carbocycles. The van der Waals surface area contributed by atoms with E-state index in [0.717, 1.165) is 25.7 Å². The van der Waals surface area contributed by atoms with E-state index in [4.69, 9.17) is 9.15 Å². The largest absolute Gasteiger partial charge is 0.460 e. The number of rotatable bonds is 5. The van der Waals surface area contributed by atoms with Crippen molar-refractivity contribution in [1.29, 1.82) is 0 Å². The van der Waals surface area contributed by atoms with Crippen LogP contribution < -0.4 is 10.0 Å². The van der Waals surface area contributed by atoms with E-state index >= 15 is 0 Å². The van der Waals surface area contributed by atoms with Crippen LogP contribution in [0.3, 0.4) is 0 Å². The van der Waals surface area contributed by atoms with Crippen LogP contribution in [0.4, 0.5) is 0 Å². The molecule has 122 valence electrons. The molecule has 2 atom stereocenters. The molecule has 7 nitrogen and oxygen atoms in total. The number of carbonyl (C=O) groups excluding carboxylic acids is 1. The second-order valence-electron chi connectivity index (χ2n) is 5.77. The van der Waals surface area contributed by atoms with E-state index in [0.29, 0.717) is 12.1 Å². The van der Waals surface area contributed by atoms with Gasteiger partial charge in [-0.15, -0.1) is 0 Å². The molecule has 2 aliphatic heterocycles. The van der Waals surface area contributed by atoms with Gasteiger partial charge in [-0.2, -0.15) is 0 Å². The Morgan fingerprint density at radius 3 is 2.68 bits per heavy atom. The summed E-state index contributed by atoms with van der Waals surface area (Å²) in [6.45, 7) is 1.88. The molecule has 2 unspecified atom stereocenters. The number of hydrogen-bond donors (Lipinski definition) is 2. The minimum Gasteiger partial charge on any atom is -0.460 e. The standard InChI is InChI=1S/C14H20N2O5S/c1-2-20-14(17)12-5-6-13(21-12)22(18,19)16-11-7-9-3-4-10(8-11)15-9/h5-6,9-11,15-16H,2-4,7-8H2,1H3. The maximum atomic E-state index is 12.4. The third-order valence-electron chi connectivity index (χ3n) is 4.12. The summed E-state index contributed by atoms with van der Waals surface area (Å²) in [4.78, 5) is 11.5. The number of nitrogens with one attached hydrogen (secondary N) is 2. The van der Waals surface area contributed by atoms with Crippen LogP contribution in [0.25, 0.3) is 0 Å². The fraction of sp³-hybridized carbons (Fsp3) is 0.643. The zero-order chi connectivity index (χ0) is 15.7. The highest BCUT2D eigenvalue weighted by Gasteiger charge is 2.36. The normalized spacial score (nSPS) is 27.8. The lowest BCUT2D eigenvalue weighted by atomic mass is 10.0. The van der Waals surface area contributed by atoms with Gasteiger partial charge >= 0.3 is 5.97 Å². The third-order valence-corrected chi connectivity index (χ3v) is 5.51. The summed E-state index contributed by atoms with van der Waals surface area (Å²) in [6, 6.07) is 3.28. The van der Waals surface area contributed by atoms with Crippen molar-refractivity contribution in [3.63, 3.8) is 0 Å². The quantitative estimate of drug-likeness (QED) is 0.783. The Bertz CT molecular complexity index is 642. The molecule has 8 heteroatoms. The summed E-state index contributed by atoms with van der Waals surface area (Å²) in [5, 5.41) is 3.21. The van der Waals surface area contributed by atoms with Gasteiger partial charge < -0.3 is 14.5 Å². The van der Waals surface area contributed by atoms with Crippen molar-refractivity contribution in [2.75, 3.05) is 6.61 Å². The maximum Gasteiger partial charge on any atom is 0.374 e. The Labute approximate surface area is 129 Å². The van der Waals surface area contributed by atoms with Crippen molar-refractivity contribution in [2.45, 2.75) is 55.8 Å². The van der Waals surface area contributed by atoms with Gasteiger partial charge in [0, 0.05) is 18.1 Å². The minimum absolute atomic E-state index is 0.0973. The van der Waals surface area contributed by atoms with Crippen molar-refractivity contribution in [2.24, 2.45) is 0 Å². The molecular weight excluding hydrogens is 308 g/mol. The number of piperidine rings is 1. The van der Waals surface area contributed by atoms with Crippen LogP contribution in [0.1, 0.15) is 43.2 Å². The molecule has 1 aromatic rings. The molecule has 3 rings (SSSR count). The molecule has 22 heavy (non-hydrogen) atoms. The second kappa shape index (κ2) is 6.02. The van der Waals surface area contributed by atoms with Gasteiger partial charge in [-0.25, -0.2) is 17.9 Å². The molecule has 2 saturated heterocycles. The molecule has 0 aliphatic carbocycles. The van der Waals surface area contributed by atoms with Gasteiger partial charge in [0.2, 0.25) is 10.9 Å². The van der Waals surface area contributed by atoms with Gasteiger partial charge in [-0.3, -0.25) is 0 Å². The number of sulfonamides is 1. The summed E-state index contributed by atoms with van der Waals surface area (Å²) >= 11 is 0. The lowest BCUT2D eigenvalue weighted by Gasteiger charge is -2.29. The van der Waals surface area contributed by atoms with Gasteiger partial charge in [0.25, 0.3) is 10.0 Å². The van der Waals surface area contributed by atoms with E-state index in [2.05, 4.69) is 10.0 Å². The van der Waals surface area contributed by atoms with Gasteiger partial charge in [0.05, 0.1) is 6.61 Å². The van der Waals surface area contributed by atoms with Crippen LogP contribution in [0, 0.1) is 0 Å². The van der Waals surface area contributed by atoms with Crippen LogP contribution in [0.2, 0.25) is 0 Å². The second-order valence-corrected chi connectivity index (χ2v) is 7.41. The molecule has 2 fully saturated rings. The molecule has 2 N–H and O–H groups in total. The van der Waals surface area contributed by atoms with E-state index in [9.17, 15) is 13.2 Å². The average Bonchev–Trinajstić information content (AvgIpc) is 3.06. The van der Waals surface area contributed by atoms with Crippen molar-refractivity contribution in [3.8, 4) is 0 Å². The highest BCUT2D eigenvalue weighted by Crippen LogP contribution is 2.28. The first kappa shape index (κ1) is 15.5. The van der Waals surface area contributed by atoms with E-state index in [-0.39, 0.29) is 23.5 Å². The molecule has 2 bridgehead atoms. The van der Waals surface area contributed by atoms with Crippen LogP contribution >= 0.6 is 0 Å². The Morgan fingerprint density at radius 2 is 2.05 bits per heavy atom. The number of esters is 1. The molecule has 3 heterocycles. The Kier molecular flexibility index (Phi) is 4.24. The predicted octanol–water partition coefficient (Wildman–Crippen LogP) is 1.02. The number of furan rings is 1. The molecular formula is C14H20N2O5S. The molecule has 0 radical (unpaired) electrons. The minimum atomic E-state index is -3.76. The topological polar surface area (TPSA) is 97.6 Å². The zero-order valence-electron chi connectivity index (χ0n) is 12.4. The summed E-state index contributed by atoms with van der Waals surface area (Å²) in [5.74, 6) is -0.767.